The third-order valence-corrected chi connectivity index (χ3v) is 5.54. The van der Waals surface area contributed by atoms with Crippen molar-refractivity contribution in [3.8, 4) is 0 Å². The Morgan fingerprint density at radius 2 is 1.96 bits per heavy atom. The van der Waals surface area contributed by atoms with Crippen LogP contribution in [-0.2, 0) is 24.5 Å². The van der Waals surface area contributed by atoms with Crippen molar-refractivity contribution in [1.82, 2.24) is 5.32 Å². The monoisotopic (exact) mass is 405 g/mol. The highest BCUT2D eigenvalue weighted by Gasteiger charge is 2.50. The van der Waals surface area contributed by atoms with Crippen LogP contribution in [0.5, 0.6) is 0 Å². The minimum Gasteiger partial charge on any atom is -0.506 e. The fraction of sp³-hybridized carbons (Fsp3) is 0.476. The SMILES string of the molecule is CC(C)COC(=O)CNC(=O)C1=C(O)c2cc(Cl)ccc2C2(CCCC2)C1=O. The van der Waals surface area contributed by atoms with Crippen LogP contribution in [0.1, 0.15) is 50.7 Å². The summed E-state index contributed by atoms with van der Waals surface area (Å²) in [6.07, 6.45) is 2.96. The molecule has 150 valence electrons. The second-order valence-corrected chi connectivity index (χ2v) is 8.23. The Bertz CT molecular complexity index is 852. The van der Waals surface area contributed by atoms with Crippen LogP contribution >= 0.6 is 11.6 Å². The van der Waals surface area contributed by atoms with E-state index in [0.717, 1.165) is 12.8 Å². The fourth-order valence-electron chi connectivity index (χ4n) is 3.97. The second-order valence-electron chi connectivity index (χ2n) is 7.79. The Morgan fingerprint density at radius 3 is 2.61 bits per heavy atom. The van der Waals surface area contributed by atoms with Crippen LogP contribution in [-0.4, -0.2) is 35.9 Å². The van der Waals surface area contributed by atoms with Crippen LogP contribution in [0.4, 0.5) is 0 Å². The van der Waals surface area contributed by atoms with Gasteiger partial charge in [-0.3, -0.25) is 14.4 Å². The van der Waals surface area contributed by atoms with Crippen LogP contribution in [0.15, 0.2) is 23.8 Å². The first kappa shape index (κ1) is 20.4. The highest BCUT2D eigenvalue weighted by atomic mass is 35.5. The van der Waals surface area contributed by atoms with Crippen molar-refractivity contribution >= 4 is 35.0 Å². The molecule has 2 N–H and O–H groups in total. The Kier molecular flexibility index (Phi) is 5.79. The maximum atomic E-state index is 13.3. The minimum atomic E-state index is -0.822. The number of carbonyl (C=O) groups excluding carboxylic acids is 3. The molecule has 6 nitrogen and oxygen atoms in total. The van der Waals surface area contributed by atoms with Gasteiger partial charge in [-0.2, -0.15) is 0 Å². The first-order chi connectivity index (χ1) is 13.3. The number of esters is 1. The van der Waals surface area contributed by atoms with E-state index in [2.05, 4.69) is 5.32 Å². The molecule has 0 saturated heterocycles. The molecule has 1 aromatic carbocycles. The Hall–Kier alpha value is -2.34. The maximum Gasteiger partial charge on any atom is 0.325 e. The number of ether oxygens (including phenoxy) is 1. The topological polar surface area (TPSA) is 92.7 Å². The molecule has 0 aliphatic heterocycles. The van der Waals surface area contributed by atoms with Crippen molar-refractivity contribution < 1.29 is 24.2 Å². The zero-order valence-electron chi connectivity index (χ0n) is 16.0. The summed E-state index contributed by atoms with van der Waals surface area (Å²) in [4.78, 5) is 37.8. The number of hydrogen-bond acceptors (Lipinski definition) is 5. The van der Waals surface area contributed by atoms with Gasteiger partial charge in [-0.1, -0.05) is 44.4 Å². The number of amides is 1. The quantitative estimate of drug-likeness (QED) is 0.579. The van der Waals surface area contributed by atoms with Crippen molar-refractivity contribution in [2.24, 2.45) is 5.92 Å². The van der Waals surface area contributed by atoms with Crippen LogP contribution in [0.3, 0.4) is 0 Å². The number of hydrogen-bond donors (Lipinski definition) is 2. The normalized spacial score (nSPS) is 17.8. The smallest absolute Gasteiger partial charge is 0.325 e. The summed E-state index contributed by atoms with van der Waals surface area (Å²) in [5, 5.41) is 13.5. The van der Waals surface area contributed by atoms with E-state index in [1.807, 2.05) is 13.8 Å². The van der Waals surface area contributed by atoms with Gasteiger partial charge in [-0.25, -0.2) is 0 Å². The molecule has 1 fully saturated rings. The summed E-state index contributed by atoms with van der Waals surface area (Å²) in [6, 6.07) is 5.02. The standard InChI is InChI=1S/C21H24ClNO5/c1-12(2)11-28-16(24)10-23-20(27)17-18(25)14-9-13(22)5-6-15(14)21(19(17)26)7-3-4-8-21/h5-6,9,12,25H,3-4,7-8,10-11H2,1-2H3,(H,23,27). The molecule has 0 bridgehead atoms. The van der Waals surface area contributed by atoms with Gasteiger partial charge in [0.2, 0.25) is 0 Å². The lowest BCUT2D eigenvalue weighted by Crippen LogP contribution is -2.44. The lowest BCUT2D eigenvalue weighted by atomic mass is 9.67. The third kappa shape index (κ3) is 3.65. The molecule has 1 saturated carbocycles. The lowest BCUT2D eigenvalue weighted by Gasteiger charge is -2.34. The molecule has 0 heterocycles. The van der Waals surface area contributed by atoms with Crippen molar-refractivity contribution in [2.45, 2.75) is 44.9 Å². The number of carbonyl (C=O) groups is 3. The molecule has 0 atom stereocenters. The molecule has 3 rings (SSSR count). The van der Waals surface area contributed by atoms with Gasteiger partial charge in [0.25, 0.3) is 5.91 Å². The number of Topliss-reactive ketones (excluding diaryl/α,β-unsaturated/α-hetero) is 1. The molecule has 1 spiro atoms. The average Bonchev–Trinajstić information content (AvgIpc) is 3.14. The van der Waals surface area contributed by atoms with Crippen molar-refractivity contribution in [3.63, 3.8) is 0 Å². The van der Waals surface area contributed by atoms with E-state index in [9.17, 15) is 19.5 Å². The van der Waals surface area contributed by atoms with Crippen LogP contribution < -0.4 is 5.32 Å². The number of aliphatic hydroxyl groups excluding tert-OH is 1. The Balaban J connectivity index is 1.89. The number of fused-ring (bicyclic) bond motifs is 2. The largest absolute Gasteiger partial charge is 0.506 e. The number of benzene rings is 1. The van der Waals surface area contributed by atoms with Gasteiger partial charge in [0, 0.05) is 10.6 Å². The molecule has 0 aromatic heterocycles. The Labute approximate surface area is 168 Å². The molecule has 1 aromatic rings. The average molecular weight is 406 g/mol. The second kappa shape index (κ2) is 7.95. The summed E-state index contributed by atoms with van der Waals surface area (Å²) in [7, 11) is 0. The summed E-state index contributed by atoms with van der Waals surface area (Å²) >= 11 is 6.08. The summed E-state index contributed by atoms with van der Waals surface area (Å²) in [6.45, 7) is 3.68. The van der Waals surface area contributed by atoms with E-state index in [1.54, 1.807) is 18.2 Å². The first-order valence-corrected chi connectivity index (χ1v) is 9.86. The number of rotatable bonds is 5. The molecule has 2 aliphatic rings. The molecular formula is C21H24ClNO5. The van der Waals surface area contributed by atoms with E-state index >= 15 is 0 Å². The molecule has 0 radical (unpaired) electrons. The van der Waals surface area contributed by atoms with Crippen molar-refractivity contribution in [3.05, 3.63) is 39.9 Å². The van der Waals surface area contributed by atoms with Gasteiger partial charge in [-0.15, -0.1) is 0 Å². The molecule has 0 unspecified atom stereocenters. The van der Waals surface area contributed by atoms with Crippen molar-refractivity contribution in [1.29, 1.82) is 0 Å². The number of aliphatic hydroxyl groups is 1. The van der Waals surface area contributed by atoms with Gasteiger partial charge in [0.05, 0.1) is 12.0 Å². The Morgan fingerprint density at radius 1 is 1.29 bits per heavy atom. The summed E-state index contributed by atoms with van der Waals surface area (Å²) < 4.78 is 5.03. The van der Waals surface area contributed by atoms with Crippen LogP contribution in [0.25, 0.3) is 5.76 Å². The van der Waals surface area contributed by atoms with E-state index in [-0.39, 0.29) is 24.6 Å². The van der Waals surface area contributed by atoms with Gasteiger partial charge < -0.3 is 15.2 Å². The highest BCUT2D eigenvalue weighted by Crippen LogP contribution is 2.49. The van der Waals surface area contributed by atoms with E-state index in [4.69, 9.17) is 16.3 Å². The van der Waals surface area contributed by atoms with Crippen LogP contribution in [0.2, 0.25) is 5.02 Å². The lowest BCUT2D eigenvalue weighted by molar-refractivity contribution is -0.144. The molecule has 1 amide bonds. The third-order valence-electron chi connectivity index (χ3n) is 5.31. The summed E-state index contributed by atoms with van der Waals surface area (Å²) in [5.41, 5.74) is -0.0172. The fourth-order valence-corrected chi connectivity index (χ4v) is 4.14. The van der Waals surface area contributed by atoms with Crippen LogP contribution in [0, 0.1) is 5.92 Å². The van der Waals surface area contributed by atoms with Gasteiger partial charge in [0.15, 0.2) is 5.78 Å². The molecule has 2 aliphatic carbocycles. The predicted octanol–water partition coefficient (Wildman–Crippen LogP) is 3.32. The molecule has 28 heavy (non-hydrogen) atoms. The number of nitrogens with one attached hydrogen (secondary N) is 1. The number of halogens is 1. The minimum absolute atomic E-state index is 0.176. The summed E-state index contributed by atoms with van der Waals surface area (Å²) in [5.74, 6) is -1.99. The molecular weight excluding hydrogens is 382 g/mol. The predicted molar refractivity (Wildman–Crippen MR) is 105 cm³/mol. The zero-order valence-corrected chi connectivity index (χ0v) is 16.8. The first-order valence-electron chi connectivity index (χ1n) is 9.48. The van der Waals surface area contributed by atoms with Crippen molar-refractivity contribution in [2.75, 3.05) is 13.2 Å². The van der Waals surface area contributed by atoms with E-state index < -0.39 is 28.8 Å². The van der Waals surface area contributed by atoms with Gasteiger partial charge in [-0.05, 0) is 36.5 Å². The zero-order chi connectivity index (χ0) is 20.5. The number of ketones is 1. The van der Waals surface area contributed by atoms with E-state index in [1.165, 1.54) is 0 Å². The molecule has 7 heteroatoms. The van der Waals surface area contributed by atoms with E-state index in [0.29, 0.717) is 29.0 Å². The maximum absolute atomic E-state index is 13.3. The highest BCUT2D eigenvalue weighted by molar-refractivity contribution is 6.32. The van der Waals surface area contributed by atoms with Gasteiger partial charge in [0.1, 0.15) is 17.9 Å². The van der Waals surface area contributed by atoms with Gasteiger partial charge >= 0.3 is 5.97 Å².